The van der Waals surface area contributed by atoms with Crippen molar-refractivity contribution in [2.45, 2.75) is 25.7 Å². The average Bonchev–Trinajstić information content (AvgIpc) is 3.28. The van der Waals surface area contributed by atoms with Gasteiger partial charge in [0, 0.05) is 37.3 Å². The number of piperazine rings is 1. The Morgan fingerprint density at radius 2 is 1.19 bits per heavy atom. The Labute approximate surface area is 211 Å². The van der Waals surface area contributed by atoms with E-state index in [4.69, 9.17) is 0 Å². The highest BCUT2D eigenvalue weighted by molar-refractivity contribution is 6.00. The largest absolute Gasteiger partial charge is 0.329 e. The van der Waals surface area contributed by atoms with E-state index in [1.54, 1.807) is 4.90 Å². The molecule has 6 rings (SSSR count). The molecule has 1 aromatic heterocycles. The van der Waals surface area contributed by atoms with Gasteiger partial charge in [0.2, 0.25) is 0 Å². The predicted molar refractivity (Wildman–Crippen MR) is 143 cm³/mol. The molecule has 0 radical (unpaired) electrons. The Bertz CT molecular complexity index is 1350. The van der Waals surface area contributed by atoms with E-state index in [2.05, 4.69) is 18.2 Å². The van der Waals surface area contributed by atoms with E-state index in [1.807, 2.05) is 81.1 Å². The van der Waals surface area contributed by atoms with E-state index in [0.717, 1.165) is 36.2 Å². The van der Waals surface area contributed by atoms with E-state index in [0.29, 0.717) is 26.2 Å². The molecule has 6 heteroatoms. The number of benzene rings is 3. The lowest BCUT2D eigenvalue weighted by Crippen LogP contribution is -2.54. The summed E-state index contributed by atoms with van der Waals surface area (Å²) in [6.07, 6.45) is 4.27. The van der Waals surface area contributed by atoms with E-state index >= 15 is 0 Å². The van der Waals surface area contributed by atoms with Crippen LogP contribution in [0, 0.1) is 0 Å². The van der Waals surface area contributed by atoms with Gasteiger partial charge in [-0.1, -0.05) is 54.6 Å². The minimum absolute atomic E-state index is 0.0319. The lowest BCUT2D eigenvalue weighted by Gasteiger charge is -2.38. The second-order valence-corrected chi connectivity index (χ2v) is 9.53. The molecule has 0 unspecified atom stereocenters. The number of fused-ring (bicyclic) bond motifs is 3. The molecule has 3 amide bonds. The Hall–Kier alpha value is -4.06. The van der Waals surface area contributed by atoms with Crippen LogP contribution in [0.2, 0.25) is 0 Å². The van der Waals surface area contributed by atoms with Crippen LogP contribution in [-0.2, 0) is 12.8 Å². The van der Waals surface area contributed by atoms with Crippen LogP contribution in [0.1, 0.15) is 24.1 Å². The van der Waals surface area contributed by atoms with Gasteiger partial charge < -0.3 is 9.80 Å². The van der Waals surface area contributed by atoms with Crippen molar-refractivity contribution in [1.29, 1.82) is 0 Å². The van der Waals surface area contributed by atoms with Gasteiger partial charge in [-0.3, -0.25) is 9.47 Å². The van der Waals surface area contributed by atoms with Crippen molar-refractivity contribution in [3.63, 3.8) is 0 Å². The van der Waals surface area contributed by atoms with Crippen LogP contribution in [0.25, 0.3) is 10.9 Å². The second-order valence-electron chi connectivity index (χ2n) is 9.53. The van der Waals surface area contributed by atoms with Crippen molar-refractivity contribution in [1.82, 2.24) is 14.4 Å². The van der Waals surface area contributed by atoms with E-state index in [-0.39, 0.29) is 12.1 Å². The second kappa shape index (κ2) is 9.53. The van der Waals surface area contributed by atoms with Gasteiger partial charge in [0.25, 0.3) is 0 Å². The average molecular weight is 479 g/mol. The predicted octanol–water partition coefficient (Wildman–Crippen LogP) is 6.06. The Morgan fingerprint density at radius 3 is 1.86 bits per heavy atom. The molecular formula is C30H30N4O2. The number of aryl methyl sites for hydroxylation is 1. The molecule has 36 heavy (non-hydrogen) atoms. The van der Waals surface area contributed by atoms with Gasteiger partial charge in [0.05, 0.1) is 16.9 Å². The summed E-state index contributed by atoms with van der Waals surface area (Å²) >= 11 is 0. The number of carbonyl (C=O) groups is 2. The van der Waals surface area contributed by atoms with Gasteiger partial charge in [-0.05, 0) is 61.6 Å². The fraction of sp³-hybridized carbons (Fsp3) is 0.267. The summed E-state index contributed by atoms with van der Waals surface area (Å²) in [5.41, 5.74) is 5.17. The molecule has 1 aliphatic heterocycles. The molecule has 1 aliphatic carbocycles. The summed E-state index contributed by atoms with van der Waals surface area (Å²) in [7, 11) is 0. The summed E-state index contributed by atoms with van der Waals surface area (Å²) in [6, 6.07) is 27.7. The van der Waals surface area contributed by atoms with Crippen molar-refractivity contribution < 1.29 is 9.59 Å². The van der Waals surface area contributed by atoms with Gasteiger partial charge in [-0.25, -0.2) is 9.59 Å². The molecule has 3 aromatic carbocycles. The minimum atomic E-state index is -0.0664. The van der Waals surface area contributed by atoms with Crippen LogP contribution in [0.4, 0.5) is 21.0 Å². The van der Waals surface area contributed by atoms with Crippen molar-refractivity contribution >= 4 is 34.3 Å². The molecule has 0 spiro atoms. The van der Waals surface area contributed by atoms with E-state index in [9.17, 15) is 9.59 Å². The van der Waals surface area contributed by atoms with E-state index in [1.165, 1.54) is 23.1 Å². The smallest absolute Gasteiger partial charge is 0.321 e. The first-order chi connectivity index (χ1) is 17.7. The van der Waals surface area contributed by atoms with Crippen LogP contribution < -0.4 is 4.90 Å². The van der Waals surface area contributed by atoms with Crippen LogP contribution in [0.5, 0.6) is 0 Å². The number of hydrogen-bond donors (Lipinski definition) is 0. The standard InChI is InChI=1S/C30H30N4O2/c35-29(33(23-11-3-1-4-12-23)24-13-5-2-6-14-24)31-19-21-32(22-20-31)30(36)34-27-17-9-7-15-25(27)26-16-8-10-18-28(26)34/h1-7,9,11-15,17H,8,10,16,18-22H2. The first-order valence-corrected chi connectivity index (χ1v) is 12.8. The number of hydrogen-bond acceptors (Lipinski definition) is 2. The van der Waals surface area contributed by atoms with Crippen molar-refractivity contribution in [2.75, 3.05) is 31.1 Å². The normalized spacial score (nSPS) is 15.6. The molecule has 2 aliphatic rings. The van der Waals surface area contributed by atoms with E-state index < -0.39 is 0 Å². The van der Waals surface area contributed by atoms with Gasteiger partial charge in [-0.15, -0.1) is 0 Å². The van der Waals surface area contributed by atoms with Crippen molar-refractivity contribution in [3.8, 4) is 0 Å². The number of carbonyl (C=O) groups excluding carboxylic acids is 2. The zero-order valence-corrected chi connectivity index (χ0v) is 20.3. The Morgan fingerprint density at radius 1 is 0.639 bits per heavy atom. The molecule has 0 atom stereocenters. The molecule has 1 fully saturated rings. The number of amides is 3. The maximum absolute atomic E-state index is 13.8. The molecular weight excluding hydrogens is 448 g/mol. The third kappa shape index (κ3) is 3.92. The highest BCUT2D eigenvalue weighted by Crippen LogP contribution is 2.33. The van der Waals surface area contributed by atoms with Gasteiger partial charge >= 0.3 is 12.1 Å². The van der Waals surface area contributed by atoms with Gasteiger partial charge in [0.1, 0.15) is 0 Å². The zero-order valence-electron chi connectivity index (χ0n) is 20.3. The molecule has 0 N–H and O–H groups in total. The molecule has 2 heterocycles. The third-order valence-electron chi connectivity index (χ3n) is 7.41. The number of anilines is 2. The topological polar surface area (TPSA) is 48.8 Å². The third-order valence-corrected chi connectivity index (χ3v) is 7.41. The molecule has 6 nitrogen and oxygen atoms in total. The van der Waals surface area contributed by atoms with Crippen LogP contribution in [0.15, 0.2) is 84.9 Å². The molecule has 0 saturated carbocycles. The summed E-state index contributed by atoms with van der Waals surface area (Å²) in [6.45, 7) is 2.04. The van der Waals surface area contributed by atoms with Crippen LogP contribution >= 0.6 is 0 Å². The first-order valence-electron chi connectivity index (χ1n) is 12.8. The summed E-state index contributed by atoms with van der Waals surface area (Å²) in [4.78, 5) is 33.0. The lowest BCUT2D eigenvalue weighted by molar-refractivity contribution is 0.148. The number of rotatable bonds is 2. The minimum Gasteiger partial charge on any atom is -0.321 e. The quantitative estimate of drug-likeness (QED) is 0.351. The van der Waals surface area contributed by atoms with Crippen LogP contribution in [0.3, 0.4) is 0 Å². The summed E-state index contributed by atoms with van der Waals surface area (Å²) in [5, 5.41) is 1.20. The number of aromatic nitrogens is 1. The van der Waals surface area contributed by atoms with Crippen molar-refractivity contribution in [2.24, 2.45) is 0 Å². The Balaban J connectivity index is 1.23. The maximum Gasteiger partial charge on any atom is 0.329 e. The highest BCUT2D eigenvalue weighted by atomic mass is 16.2. The molecule has 4 aromatic rings. The SMILES string of the molecule is O=C(N1CCN(C(=O)n2c3c(c4ccccc42)CCCC3)CC1)N(c1ccccc1)c1ccccc1. The molecule has 0 bridgehead atoms. The fourth-order valence-electron chi connectivity index (χ4n) is 5.61. The number of para-hydroxylation sites is 3. The molecule has 1 saturated heterocycles. The van der Waals surface area contributed by atoms with Gasteiger partial charge in [-0.2, -0.15) is 0 Å². The van der Waals surface area contributed by atoms with Gasteiger partial charge in [0.15, 0.2) is 0 Å². The fourth-order valence-corrected chi connectivity index (χ4v) is 5.61. The molecule has 182 valence electrons. The van der Waals surface area contributed by atoms with Crippen molar-refractivity contribution in [3.05, 3.63) is 96.2 Å². The Kier molecular flexibility index (Phi) is 5.93. The van der Waals surface area contributed by atoms with Crippen LogP contribution in [-0.4, -0.2) is 52.6 Å². The zero-order chi connectivity index (χ0) is 24.5. The monoisotopic (exact) mass is 478 g/mol. The number of urea groups is 1. The highest BCUT2D eigenvalue weighted by Gasteiger charge is 2.31. The summed E-state index contributed by atoms with van der Waals surface area (Å²) in [5.74, 6) is 0. The first kappa shape index (κ1) is 22.4. The summed E-state index contributed by atoms with van der Waals surface area (Å²) < 4.78 is 1.95. The lowest BCUT2D eigenvalue weighted by atomic mass is 9.96. The number of nitrogens with zero attached hydrogens (tertiary/aromatic N) is 4. The maximum atomic E-state index is 13.8.